The van der Waals surface area contributed by atoms with Gasteiger partial charge in [-0.2, -0.15) is 10.5 Å². The molecule has 1 unspecified atom stereocenters. The molecule has 0 aliphatic carbocycles. The molecule has 0 saturated carbocycles. The van der Waals surface area contributed by atoms with Gasteiger partial charge in [-0.1, -0.05) is 24.8 Å². The fourth-order valence-electron chi connectivity index (χ4n) is 1.59. The maximum Gasteiger partial charge on any atom is 0.140 e. The Morgan fingerprint density at radius 3 is 2.67 bits per heavy atom. The lowest BCUT2D eigenvalue weighted by atomic mass is 9.88. The molecule has 0 N–H and O–H groups in total. The van der Waals surface area contributed by atoms with Crippen molar-refractivity contribution in [2.75, 3.05) is 0 Å². The molecule has 1 aromatic carbocycles. The number of aliphatic imine (C=N–C) groups is 1. The third-order valence-corrected chi connectivity index (χ3v) is 2.36. The second-order valence-electron chi connectivity index (χ2n) is 3.21. The van der Waals surface area contributed by atoms with Crippen LogP contribution in [0.3, 0.4) is 0 Å². The third-order valence-electron chi connectivity index (χ3n) is 2.36. The molecular weight excluding hydrogens is 186 g/mol. The van der Waals surface area contributed by atoms with Gasteiger partial charge in [0, 0.05) is 5.56 Å². The molecule has 1 aromatic rings. The number of fused-ring (bicyclic) bond motifs is 1. The van der Waals surface area contributed by atoms with Crippen LogP contribution >= 0.6 is 0 Å². The van der Waals surface area contributed by atoms with Gasteiger partial charge in [-0.3, -0.25) is 0 Å². The summed E-state index contributed by atoms with van der Waals surface area (Å²) in [7, 11) is 0. The van der Waals surface area contributed by atoms with Crippen LogP contribution in [0.5, 0.6) is 0 Å². The van der Waals surface area contributed by atoms with Crippen LogP contribution in [0.1, 0.15) is 5.56 Å². The smallest absolute Gasteiger partial charge is 0.140 e. The van der Waals surface area contributed by atoms with Crippen molar-refractivity contribution in [1.82, 2.24) is 0 Å². The Morgan fingerprint density at radius 1 is 1.27 bits per heavy atom. The summed E-state index contributed by atoms with van der Waals surface area (Å²) < 4.78 is 0. The zero-order valence-corrected chi connectivity index (χ0v) is 7.94. The topological polar surface area (TPSA) is 59.9 Å². The monoisotopic (exact) mass is 193 g/mol. The summed E-state index contributed by atoms with van der Waals surface area (Å²) in [6, 6.07) is 11.4. The number of hydrogen-bond acceptors (Lipinski definition) is 3. The number of allylic oxidation sites excluding steroid dienone is 1. The Balaban J connectivity index is 2.67. The number of rotatable bonds is 0. The van der Waals surface area contributed by atoms with Gasteiger partial charge in [0.15, 0.2) is 0 Å². The van der Waals surface area contributed by atoms with Crippen LogP contribution in [0.15, 0.2) is 35.8 Å². The van der Waals surface area contributed by atoms with Gasteiger partial charge in [0.2, 0.25) is 0 Å². The lowest BCUT2D eigenvalue weighted by molar-refractivity contribution is 1.14. The van der Waals surface area contributed by atoms with Gasteiger partial charge in [-0.25, -0.2) is 4.99 Å². The lowest BCUT2D eigenvalue weighted by Gasteiger charge is -2.18. The Labute approximate surface area is 87.6 Å². The van der Waals surface area contributed by atoms with Gasteiger partial charge >= 0.3 is 0 Å². The Morgan fingerprint density at radius 2 is 2.00 bits per heavy atom. The van der Waals surface area contributed by atoms with E-state index in [4.69, 9.17) is 10.5 Å². The summed E-state index contributed by atoms with van der Waals surface area (Å²) in [5, 5.41) is 17.8. The summed E-state index contributed by atoms with van der Waals surface area (Å²) in [4.78, 5) is 4.14. The average Bonchev–Trinajstić information content (AvgIpc) is 2.29. The molecular formula is C12H7N3. The molecule has 2 rings (SSSR count). The minimum absolute atomic E-state index is 0.223. The van der Waals surface area contributed by atoms with Crippen LogP contribution in [0, 0.1) is 28.6 Å². The molecule has 1 heterocycles. The highest BCUT2D eigenvalue weighted by atomic mass is 14.8. The van der Waals surface area contributed by atoms with Crippen LogP contribution in [-0.4, -0.2) is 5.71 Å². The molecule has 0 radical (unpaired) electrons. The first-order chi connectivity index (χ1) is 7.27. The van der Waals surface area contributed by atoms with E-state index in [9.17, 15) is 0 Å². The molecule has 0 amide bonds. The van der Waals surface area contributed by atoms with E-state index in [-0.39, 0.29) is 5.71 Å². The Hall–Kier alpha value is -2.39. The minimum Gasteiger partial charge on any atom is -0.240 e. The van der Waals surface area contributed by atoms with Crippen LogP contribution < -0.4 is 0 Å². The number of para-hydroxylation sites is 1. The van der Waals surface area contributed by atoms with E-state index >= 15 is 0 Å². The van der Waals surface area contributed by atoms with Crippen molar-refractivity contribution in [3.05, 3.63) is 36.4 Å². The van der Waals surface area contributed by atoms with Crippen molar-refractivity contribution in [2.24, 2.45) is 10.9 Å². The predicted molar refractivity (Wildman–Crippen MR) is 57.3 cm³/mol. The second kappa shape index (κ2) is 3.40. The summed E-state index contributed by atoms with van der Waals surface area (Å²) >= 11 is 0. The first kappa shape index (κ1) is 9.18. The summed E-state index contributed by atoms with van der Waals surface area (Å²) in [6.07, 6.45) is 0. The SMILES string of the molecule is C=C1c2ccccc2N=C(C#N)C1C#N. The highest BCUT2D eigenvalue weighted by molar-refractivity contribution is 6.12. The summed E-state index contributed by atoms with van der Waals surface area (Å²) in [5.74, 6) is -0.607. The van der Waals surface area contributed by atoms with Crippen molar-refractivity contribution < 1.29 is 0 Å². The van der Waals surface area contributed by atoms with Gasteiger partial charge < -0.3 is 0 Å². The number of nitriles is 2. The van der Waals surface area contributed by atoms with E-state index in [0.717, 1.165) is 5.56 Å². The first-order valence-electron chi connectivity index (χ1n) is 4.44. The van der Waals surface area contributed by atoms with E-state index < -0.39 is 5.92 Å². The quantitative estimate of drug-likeness (QED) is 0.635. The van der Waals surface area contributed by atoms with Crippen LogP contribution in [-0.2, 0) is 0 Å². The molecule has 15 heavy (non-hydrogen) atoms. The van der Waals surface area contributed by atoms with Crippen molar-refractivity contribution in [3.63, 3.8) is 0 Å². The molecule has 3 heteroatoms. The highest BCUT2D eigenvalue weighted by Gasteiger charge is 2.26. The van der Waals surface area contributed by atoms with Gasteiger partial charge in [0.05, 0.1) is 11.8 Å². The maximum absolute atomic E-state index is 8.95. The molecule has 1 aliphatic heterocycles. The fourth-order valence-corrected chi connectivity index (χ4v) is 1.59. The largest absolute Gasteiger partial charge is 0.240 e. The highest BCUT2D eigenvalue weighted by Crippen LogP contribution is 2.35. The van der Waals surface area contributed by atoms with Crippen molar-refractivity contribution in [1.29, 1.82) is 10.5 Å². The van der Waals surface area contributed by atoms with Crippen molar-refractivity contribution >= 4 is 17.0 Å². The van der Waals surface area contributed by atoms with Gasteiger partial charge in [-0.15, -0.1) is 0 Å². The van der Waals surface area contributed by atoms with Crippen molar-refractivity contribution in [2.45, 2.75) is 0 Å². The molecule has 0 bridgehead atoms. The van der Waals surface area contributed by atoms with Crippen LogP contribution in [0.25, 0.3) is 5.57 Å². The third kappa shape index (κ3) is 1.31. The molecule has 3 nitrogen and oxygen atoms in total. The van der Waals surface area contributed by atoms with Gasteiger partial charge in [-0.05, 0) is 11.6 Å². The fraction of sp³-hybridized carbons (Fsp3) is 0.0833. The van der Waals surface area contributed by atoms with E-state index in [2.05, 4.69) is 11.6 Å². The zero-order chi connectivity index (χ0) is 10.8. The number of hydrogen-bond donors (Lipinski definition) is 0. The predicted octanol–water partition coefficient (Wildman–Crippen LogP) is 2.45. The molecule has 1 atom stereocenters. The van der Waals surface area contributed by atoms with E-state index in [1.165, 1.54) is 0 Å². The molecule has 0 spiro atoms. The molecule has 0 saturated heterocycles. The van der Waals surface area contributed by atoms with E-state index in [1.807, 2.05) is 36.4 Å². The standard InChI is InChI=1S/C12H7N3/c1-8-9-4-2-3-5-11(9)15-12(7-14)10(8)6-13/h2-5,10H,1H2. The van der Waals surface area contributed by atoms with Crippen LogP contribution in [0.2, 0.25) is 0 Å². The second-order valence-corrected chi connectivity index (χ2v) is 3.21. The Bertz CT molecular complexity index is 541. The molecule has 0 fully saturated rings. The number of benzene rings is 1. The molecule has 1 aliphatic rings. The minimum atomic E-state index is -0.607. The maximum atomic E-state index is 8.95. The van der Waals surface area contributed by atoms with Gasteiger partial charge in [0.25, 0.3) is 0 Å². The van der Waals surface area contributed by atoms with Gasteiger partial charge in [0.1, 0.15) is 17.7 Å². The Kier molecular flexibility index (Phi) is 2.08. The van der Waals surface area contributed by atoms with E-state index in [1.54, 1.807) is 0 Å². The molecule has 70 valence electrons. The normalized spacial score (nSPS) is 18.4. The number of nitrogens with zero attached hydrogens (tertiary/aromatic N) is 3. The van der Waals surface area contributed by atoms with Crippen LogP contribution in [0.4, 0.5) is 5.69 Å². The zero-order valence-electron chi connectivity index (χ0n) is 7.94. The average molecular weight is 193 g/mol. The summed E-state index contributed by atoms with van der Waals surface area (Å²) in [6.45, 7) is 3.85. The van der Waals surface area contributed by atoms with E-state index in [0.29, 0.717) is 11.3 Å². The van der Waals surface area contributed by atoms with Crippen molar-refractivity contribution in [3.8, 4) is 12.1 Å². The lowest BCUT2D eigenvalue weighted by Crippen LogP contribution is -2.15. The molecule has 0 aromatic heterocycles. The summed E-state index contributed by atoms with van der Waals surface area (Å²) in [5.41, 5.74) is 2.44. The first-order valence-corrected chi connectivity index (χ1v) is 4.44.